The summed E-state index contributed by atoms with van der Waals surface area (Å²) in [6.45, 7) is 10.0. The minimum atomic E-state index is -0.912. The van der Waals surface area contributed by atoms with Gasteiger partial charge in [0.1, 0.15) is 0 Å². The van der Waals surface area contributed by atoms with Gasteiger partial charge in [0.25, 0.3) is 0 Å². The van der Waals surface area contributed by atoms with Crippen LogP contribution in [-0.4, -0.2) is 23.0 Å². The number of carbonyl (C=O) groups is 2. The number of allylic oxidation sites excluding steroid dienone is 1. The SMILES string of the molecule is C=CCCC(=O)N[C@@H](CC(=O)O)Cc1ccc(C(C)(C)C)cc1. The minimum Gasteiger partial charge on any atom is -0.481 e. The smallest absolute Gasteiger partial charge is 0.305 e. The lowest BCUT2D eigenvalue weighted by molar-refractivity contribution is -0.137. The van der Waals surface area contributed by atoms with Crippen LogP contribution in [-0.2, 0) is 21.4 Å². The van der Waals surface area contributed by atoms with Crippen molar-refractivity contribution in [2.24, 2.45) is 0 Å². The molecule has 1 rings (SSSR count). The molecule has 1 aromatic rings. The van der Waals surface area contributed by atoms with Crippen LogP contribution in [0.2, 0.25) is 0 Å². The molecule has 4 nitrogen and oxygen atoms in total. The van der Waals surface area contributed by atoms with Gasteiger partial charge in [0, 0.05) is 12.5 Å². The van der Waals surface area contributed by atoms with Gasteiger partial charge >= 0.3 is 5.97 Å². The molecular formula is C19H27NO3. The van der Waals surface area contributed by atoms with Crippen LogP contribution in [0.4, 0.5) is 0 Å². The topological polar surface area (TPSA) is 66.4 Å². The highest BCUT2D eigenvalue weighted by Crippen LogP contribution is 2.22. The Morgan fingerprint density at radius 2 is 1.87 bits per heavy atom. The molecule has 0 heterocycles. The van der Waals surface area contributed by atoms with Crippen LogP contribution in [0.15, 0.2) is 36.9 Å². The van der Waals surface area contributed by atoms with Crippen LogP contribution in [0.5, 0.6) is 0 Å². The van der Waals surface area contributed by atoms with E-state index < -0.39 is 12.0 Å². The quantitative estimate of drug-likeness (QED) is 0.722. The van der Waals surface area contributed by atoms with E-state index >= 15 is 0 Å². The van der Waals surface area contributed by atoms with Gasteiger partial charge in [-0.25, -0.2) is 0 Å². The van der Waals surface area contributed by atoms with Crippen molar-refractivity contribution >= 4 is 11.9 Å². The van der Waals surface area contributed by atoms with E-state index in [1.807, 2.05) is 12.1 Å². The van der Waals surface area contributed by atoms with Crippen molar-refractivity contribution in [3.05, 3.63) is 48.0 Å². The summed E-state index contributed by atoms with van der Waals surface area (Å²) in [5.74, 6) is -1.05. The summed E-state index contributed by atoms with van der Waals surface area (Å²) in [5, 5.41) is 11.8. The highest BCUT2D eigenvalue weighted by molar-refractivity contribution is 5.77. The first-order valence-corrected chi connectivity index (χ1v) is 7.94. The molecule has 0 bridgehead atoms. The Hall–Kier alpha value is -2.10. The molecule has 0 aliphatic rings. The second kappa shape index (κ2) is 8.51. The van der Waals surface area contributed by atoms with E-state index in [2.05, 4.69) is 44.8 Å². The molecule has 0 saturated carbocycles. The van der Waals surface area contributed by atoms with Crippen LogP contribution < -0.4 is 5.32 Å². The van der Waals surface area contributed by atoms with Gasteiger partial charge in [-0.05, 0) is 29.4 Å². The first-order valence-electron chi connectivity index (χ1n) is 7.94. The Morgan fingerprint density at radius 3 is 2.35 bits per heavy atom. The number of carboxylic acid groups (broad SMARTS) is 1. The Morgan fingerprint density at radius 1 is 1.26 bits per heavy atom. The van der Waals surface area contributed by atoms with Gasteiger partial charge in [-0.2, -0.15) is 0 Å². The molecule has 0 spiro atoms. The summed E-state index contributed by atoms with van der Waals surface area (Å²) in [6, 6.07) is 7.74. The van der Waals surface area contributed by atoms with E-state index in [9.17, 15) is 9.59 Å². The molecule has 0 aliphatic heterocycles. The summed E-state index contributed by atoms with van der Waals surface area (Å²) in [5.41, 5.74) is 2.33. The second-order valence-corrected chi connectivity index (χ2v) is 6.84. The third-order valence-electron chi connectivity index (χ3n) is 3.66. The zero-order valence-electron chi connectivity index (χ0n) is 14.3. The van der Waals surface area contributed by atoms with Gasteiger partial charge in [0.2, 0.25) is 5.91 Å². The van der Waals surface area contributed by atoms with E-state index in [1.165, 1.54) is 5.56 Å². The predicted molar refractivity (Wildman–Crippen MR) is 92.5 cm³/mol. The summed E-state index contributed by atoms with van der Waals surface area (Å²) in [6.07, 6.45) is 3.03. The Kier molecular flexibility index (Phi) is 7.01. The molecule has 0 saturated heterocycles. The normalized spacial score (nSPS) is 12.5. The van der Waals surface area contributed by atoms with Crippen LogP contribution in [0.1, 0.15) is 51.2 Å². The number of carboxylic acids is 1. The Labute approximate surface area is 138 Å². The third-order valence-corrected chi connectivity index (χ3v) is 3.66. The monoisotopic (exact) mass is 317 g/mol. The lowest BCUT2D eigenvalue weighted by Crippen LogP contribution is -2.37. The molecule has 4 heteroatoms. The molecule has 1 atom stereocenters. The number of hydrogen-bond acceptors (Lipinski definition) is 2. The summed E-state index contributed by atoms with van der Waals surface area (Å²) in [7, 11) is 0. The molecule has 2 N–H and O–H groups in total. The molecule has 126 valence electrons. The number of nitrogens with one attached hydrogen (secondary N) is 1. The highest BCUT2D eigenvalue weighted by Gasteiger charge is 2.17. The molecule has 0 aromatic heterocycles. The Balaban J connectivity index is 2.74. The number of benzene rings is 1. The van der Waals surface area contributed by atoms with Crippen LogP contribution in [0.3, 0.4) is 0 Å². The summed E-state index contributed by atoms with van der Waals surface area (Å²) < 4.78 is 0. The molecule has 0 unspecified atom stereocenters. The fourth-order valence-electron chi connectivity index (χ4n) is 2.34. The van der Waals surface area contributed by atoms with E-state index in [0.29, 0.717) is 19.3 Å². The van der Waals surface area contributed by atoms with Crippen molar-refractivity contribution in [3.63, 3.8) is 0 Å². The van der Waals surface area contributed by atoms with Crippen molar-refractivity contribution < 1.29 is 14.7 Å². The maximum Gasteiger partial charge on any atom is 0.305 e. The van der Waals surface area contributed by atoms with Gasteiger partial charge in [0.15, 0.2) is 0 Å². The van der Waals surface area contributed by atoms with E-state index in [-0.39, 0.29) is 17.7 Å². The summed E-state index contributed by atoms with van der Waals surface area (Å²) >= 11 is 0. The maximum absolute atomic E-state index is 11.8. The van der Waals surface area contributed by atoms with Crippen molar-refractivity contribution in [2.75, 3.05) is 0 Å². The van der Waals surface area contributed by atoms with Crippen LogP contribution in [0, 0.1) is 0 Å². The van der Waals surface area contributed by atoms with Crippen molar-refractivity contribution in [1.82, 2.24) is 5.32 Å². The fourth-order valence-corrected chi connectivity index (χ4v) is 2.34. The molecule has 23 heavy (non-hydrogen) atoms. The van der Waals surface area contributed by atoms with Gasteiger partial charge in [-0.15, -0.1) is 6.58 Å². The van der Waals surface area contributed by atoms with Crippen LogP contribution >= 0.6 is 0 Å². The fraction of sp³-hybridized carbons (Fsp3) is 0.474. The largest absolute Gasteiger partial charge is 0.481 e. The maximum atomic E-state index is 11.8. The average molecular weight is 317 g/mol. The van der Waals surface area contributed by atoms with E-state index in [0.717, 1.165) is 5.56 Å². The number of carbonyl (C=O) groups excluding carboxylic acids is 1. The molecule has 1 aromatic carbocycles. The summed E-state index contributed by atoms with van der Waals surface area (Å²) in [4.78, 5) is 22.8. The molecule has 0 aliphatic carbocycles. The average Bonchev–Trinajstić information content (AvgIpc) is 2.44. The predicted octanol–water partition coefficient (Wildman–Crippen LogP) is 3.45. The number of aliphatic carboxylic acids is 1. The zero-order chi connectivity index (χ0) is 17.5. The van der Waals surface area contributed by atoms with Crippen molar-refractivity contribution in [2.45, 2.75) is 57.9 Å². The van der Waals surface area contributed by atoms with Crippen molar-refractivity contribution in [3.8, 4) is 0 Å². The minimum absolute atomic E-state index is 0.0812. The van der Waals surface area contributed by atoms with Gasteiger partial charge < -0.3 is 10.4 Å². The second-order valence-electron chi connectivity index (χ2n) is 6.84. The molecular weight excluding hydrogens is 290 g/mol. The first kappa shape index (κ1) is 18.9. The van der Waals surface area contributed by atoms with Gasteiger partial charge in [0.05, 0.1) is 6.42 Å². The lowest BCUT2D eigenvalue weighted by Gasteiger charge is -2.20. The van der Waals surface area contributed by atoms with E-state index in [1.54, 1.807) is 6.08 Å². The number of hydrogen-bond donors (Lipinski definition) is 2. The third kappa shape index (κ3) is 7.13. The van der Waals surface area contributed by atoms with Crippen LogP contribution in [0.25, 0.3) is 0 Å². The van der Waals surface area contributed by atoms with E-state index in [4.69, 9.17) is 5.11 Å². The van der Waals surface area contributed by atoms with Gasteiger partial charge in [-0.3, -0.25) is 9.59 Å². The standard InChI is InChI=1S/C19H27NO3/c1-5-6-7-17(21)20-16(13-18(22)23)12-14-8-10-15(11-9-14)19(2,3)4/h5,8-11,16H,1,6-7,12-13H2,2-4H3,(H,20,21)(H,22,23)/t16-/m1/s1. The first-order chi connectivity index (χ1) is 10.7. The molecule has 0 radical (unpaired) electrons. The van der Waals surface area contributed by atoms with Gasteiger partial charge in [-0.1, -0.05) is 51.1 Å². The molecule has 1 amide bonds. The van der Waals surface area contributed by atoms with Crippen molar-refractivity contribution in [1.29, 1.82) is 0 Å². The molecule has 0 fully saturated rings. The number of rotatable bonds is 8. The number of amides is 1. The highest BCUT2D eigenvalue weighted by atomic mass is 16.4. The lowest BCUT2D eigenvalue weighted by atomic mass is 9.86. The Bertz CT molecular complexity index is 541. The zero-order valence-corrected chi connectivity index (χ0v) is 14.3.